The average Bonchev–Trinajstić information content (AvgIpc) is 2.99. The Morgan fingerprint density at radius 1 is 1.41 bits per heavy atom. The van der Waals surface area contributed by atoms with Crippen molar-refractivity contribution in [2.24, 2.45) is 10.7 Å². The van der Waals surface area contributed by atoms with Gasteiger partial charge in [0.1, 0.15) is 5.84 Å². The van der Waals surface area contributed by atoms with Crippen molar-refractivity contribution >= 4 is 57.1 Å². The summed E-state index contributed by atoms with van der Waals surface area (Å²) in [6.07, 6.45) is 0. The predicted octanol–water partition coefficient (Wildman–Crippen LogP) is 3.92. The number of carbonyl (C=O) groups is 1. The molecular formula is C18H19Cl2N3O2S2. The monoisotopic (exact) mass is 443 g/mol. The van der Waals surface area contributed by atoms with E-state index in [1.54, 1.807) is 18.2 Å². The maximum atomic E-state index is 12.5. The van der Waals surface area contributed by atoms with Gasteiger partial charge in [-0.15, -0.1) is 11.3 Å². The molecule has 0 aliphatic carbocycles. The molecule has 0 bridgehead atoms. The predicted molar refractivity (Wildman–Crippen MR) is 113 cm³/mol. The zero-order valence-corrected chi connectivity index (χ0v) is 17.9. The standard InChI is InChI=1S/C18H19Cl2N3O2S2/c1-18(2)17(21)23-13(9-27(18)25)15-12(20)7-14(26-15)16(24)22-8-10-4-3-5-11(19)6-10/h3-7,13H,8-9H2,1-2H3,(H2,21,23)(H,22,24). The van der Waals surface area contributed by atoms with Gasteiger partial charge < -0.3 is 11.1 Å². The number of nitrogens with zero attached hydrogens (tertiary/aromatic N) is 1. The second-order valence-corrected chi connectivity index (χ2v) is 10.7. The van der Waals surface area contributed by atoms with Crippen LogP contribution in [0.1, 0.15) is 40.0 Å². The molecular weight excluding hydrogens is 425 g/mol. The van der Waals surface area contributed by atoms with Gasteiger partial charge in [-0.05, 0) is 37.6 Å². The van der Waals surface area contributed by atoms with E-state index in [4.69, 9.17) is 28.9 Å². The Kier molecular flexibility index (Phi) is 5.96. The molecule has 3 N–H and O–H groups in total. The number of amides is 1. The summed E-state index contributed by atoms with van der Waals surface area (Å²) in [6.45, 7) is 3.97. The fourth-order valence-electron chi connectivity index (χ4n) is 2.60. The first-order chi connectivity index (χ1) is 12.7. The molecule has 3 rings (SSSR count). The van der Waals surface area contributed by atoms with Crippen LogP contribution < -0.4 is 11.1 Å². The Labute approximate surface area is 174 Å². The second kappa shape index (κ2) is 7.91. The summed E-state index contributed by atoms with van der Waals surface area (Å²) >= 11 is 13.5. The quantitative estimate of drug-likeness (QED) is 0.750. The van der Waals surface area contributed by atoms with Crippen LogP contribution in [0.3, 0.4) is 0 Å². The van der Waals surface area contributed by atoms with Crippen LogP contribution in [0.2, 0.25) is 10.0 Å². The van der Waals surface area contributed by atoms with Crippen molar-refractivity contribution in [2.75, 3.05) is 5.75 Å². The van der Waals surface area contributed by atoms with Crippen LogP contribution in [0.15, 0.2) is 35.3 Å². The van der Waals surface area contributed by atoms with Gasteiger partial charge in [0.05, 0.1) is 26.4 Å². The number of halogens is 2. The minimum Gasteiger partial charge on any atom is -0.386 e. The lowest BCUT2D eigenvalue weighted by Crippen LogP contribution is -2.47. The van der Waals surface area contributed by atoms with Crippen LogP contribution >= 0.6 is 34.5 Å². The Bertz CT molecular complexity index is 940. The van der Waals surface area contributed by atoms with Gasteiger partial charge in [0.2, 0.25) is 0 Å². The molecule has 2 atom stereocenters. The summed E-state index contributed by atoms with van der Waals surface area (Å²) < 4.78 is 11.8. The summed E-state index contributed by atoms with van der Waals surface area (Å²) in [5.74, 6) is 0.438. The van der Waals surface area contributed by atoms with Crippen molar-refractivity contribution in [2.45, 2.75) is 31.2 Å². The van der Waals surface area contributed by atoms with Gasteiger partial charge in [-0.25, -0.2) is 0 Å². The van der Waals surface area contributed by atoms with Gasteiger partial charge in [0.25, 0.3) is 5.91 Å². The molecule has 2 heterocycles. The molecule has 0 saturated heterocycles. The molecule has 0 fully saturated rings. The van der Waals surface area contributed by atoms with Crippen LogP contribution in [0.4, 0.5) is 0 Å². The zero-order chi connectivity index (χ0) is 19.8. The summed E-state index contributed by atoms with van der Waals surface area (Å²) in [6, 6.07) is 8.51. The minimum absolute atomic E-state index is 0.234. The van der Waals surface area contributed by atoms with Gasteiger partial charge in [0, 0.05) is 27.2 Å². The number of hydrogen-bond donors (Lipinski definition) is 2. The summed E-state index contributed by atoms with van der Waals surface area (Å²) in [5.41, 5.74) is 6.90. The highest BCUT2D eigenvalue weighted by molar-refractivity contribution is 7.87. The lowest BCUT2D eigenvalue weighted by molar-refractivity contribution is 0.0955. The molecule has 1 amide bonds. The lowest BCUT2D eigenvalue weighted by atomic mass is 10.1. The van der Waals surface area contributed by atoms with E-state index in [9.17, 15) is 9.00 Å². The highest BCUT2D eigenvalue weighted by Crippen LogP contribution is 2.38. The van der Waals surface area contributed by atoms with E-state index in [-0.39, 0.29) is 5.91 Å². The Morgan fingerprint density at radius 3 is 2.81 bits per heavy atom. The number of aliphatic imine (C=N–C) groups is 1. The number of nitrogens with one attached hydrogen (secondary N) is 1. The molecule has 1 aromatic heterocycles. The third kappa shape index (κ3) is 4.37. The minimum atomic E-state index is -1.17. The van der Waals surface area contributed by atoms with Crippen LogP contribution in [0.25, 0.3) is 0 Å². The Morgan fingerprint density at radius 2 is 2.15 bits per heavy atom. The first kappa shape index (κ1) is 20.3. The number of benzene rings is 1. The van der Waals surface area contributed by atoms with Crippen molar-refractivity contribution in [3.63, 3.8) is 0 Å². The summed E-state index contributed by atoms with van der Waals surface area (Å²) in [4.78, 5) is 18.1. The number of thiophene rings is 1. The normalized spacial score (nSPS) is 21.6. The fourth-order valence-corrected chi connectivity index (χ4v) is 5.57. The van der Waals surface area contributed by atoms with E-state index in [0.29, 0.717) is 37.9 Å². The SMILES string of the molecule is CC1(C)C(N)=NC(c2sc(C(=O)NCc3cccc(Cl)c3)cc2Cl)CS1=O. The second-order valence-electron chi connectivity index (χ2n) is 6.69. The molecule has 5 nitrogen and oxygen atoms in total. The molecule has 1 aliphatic rings. The summed E-state index contributed by atoms with van der Waals surface area (Å²) in [5, 5.41) is 3.90. The van der Waals surface area contributed by atoms with Crippen LogP contribution in [0, 0.1) is 0 Å². The van der Waals surface area contributed by atoms with E-state index >= 15 is 0 Å². The van der Waals surface area contributed by atoms with Gasteiger partial charge in [-0.3, -0.25) is 14.0 Å². The van der Waals surface area contributed by atoms with E-state index in [2.05, 4.69) is 10.3 Å². The fraction of sp³-hybridized carbons (Fsp3) is 0.333. The highest BCUT2D eigenvalue weighted by atomic mass is 35.5. The number of hydrogen-bond acceptors (Lipinski definition) is 5. The van der Waals surface area contributed by atoms with Crippen LogP contribution in [0.5, 0.6) is 0 Å². The zero-order valence-electron chi connectivity index (χ0n) is 14.8. The van der Waals surface area contributed by atoms with Gasteiger partial charge in [-0.1, -0.05) is 35.3 Å². The average molecular weight is 444 g/mol. The van der Waals surface area contributed by atoms with Crippen molar-refractivity contribution in [3.8, 4) is 0 Å². The van der Waals surface area contributed by atoms with Crippen molar-refractivity contribution < 1.29 is 9.00 Å². The first-order valence-electron chi connectivity index (χ1n) is 8.22. The molecule has 0 saturated carbocycles. The molecule has 1 aromatic carbocycles. The molecule has 9 heteroatoms. The smallest absolute Gasteiger partial charge is 0.261 e. The lowest BCUT2D eigenvalue weighted by Gasteiger charge is -2.30. The molecule has 27 heavy (non-hydrogen) atoms. The van der Waals surface area contributed by atoms with Crippen LogP contribution in [-0.4, -0.2) is 26.5 Å². The van der Waals surface area contributed by atoms with Gasteiger partial charge in [0.15, 0.2) is 0 Å². The van der Waals surface area contributed by atoms with Crippen molar-refractivity contribution in [3.05, 3.63) is 55.7 Å². The third-order valence-corrected chi connectivity index (χ3v) is 8.23. The van der Waals surface area contributed by atoms with Crippen molar-refractivity contribution in [1.29, 1.82) is 0 Å². The van der Waals surface area contributed by atoms with Crippen molar-refractivity contribution in [1.82, 2.24) is 5.32 Å². The van der Waals surface area contributed by atoms with E-state index in [1.807, 2.05) is 26.0 Å². The van der Waals surface area contributed by atoms with E-state index < -0.39 is 21.6 Å². The molecule has 0 radical (unpaired) electrons. The largest absolute Gasteiger partial charge is 0.386 e. The number of nitrogens with two attached hydrogens (primary N) is 1. The van der Waals surface area contributed by atoms with E-state index in [0.717, 1.165) is 5.56 Å². The maximum absolute atomic E-state index is 12.5. The van der Waals surface area contributed by atoms with Gasteiger partial charge >= 0.3 is 0 Å². The van der Waals surface area contributed by atoms with Gasteiger partial charge in [-0.2, -0.15) is 0 Å². The molecule has 1 aliphatic heterocycles. The third-order valence-electron chi connectivity index (χ3n) is 4.37. The first-order valence-corrected chi connectivity index (χ1v) is 11.1. The Balaban J connectivity index is 1.75. The summed E-state index contributed by atoms with van der Waals surface area (Å²) in [7, 11) is -1.17. The van der Waals surface area contributed by atoms with Crippen LogP contribution in [-0.2, 0) is 17.3 Å². The van der Waals surface area contributed by atoms with E-state index in [1.165, 1.54) is 11.3 Å². The number of amidine groups is 1. The highest BCUT2D eigenvalue weighted by Gasteiger charge is 2.38. The number of rotatable bonds is 4. The molecule has 2 aromatic rings. The molecule has 144 valence electrons. The maximum Gasteiger partial charge on any atom is 0.261 e. The molecule has 0 spiro atoms. The number of carbonyl (C=O) groups excluding carboxylic acids is 1. The molecule has 2 unspecified atom stereocenters. The Hall–Kier alpha value is -1.41. The topological polar surface area (TPSA) is 84.5 Å².